The lowest BCUT2D eigenvalue weighted by atomic mass is 9.98. The summed E-state index contributed by atoms with van der Waals surface area (Å²) in [5.74, 6) is -1.95. The molecule has 0 aromatic heterocycles. The third-order valence-electron chi connectivity index (χ3n) is 6.03. The molecule has 3 N–H and O–H groups in total. The molecule has 35 heavy (non-hydrogen) atoms. The number of hydrogen-bond donors (Lipinski definition) is 3. The van der Waals surface area contributed by atoms with E-state index in [4.69, 9.17) is 21.4 Å². The Kier molecular flexibility index (Phi) is 7.07. The summed E-state index contributed by atoms with van der Waals surface area (Å²) in [7, 11) is 0. The molecule has 4 rings (SSSR count). The number of aromatic carboxylic acids is 1. The molecule has 180 valence electrons. The van der Waals surface area contributed by atoms with Gasteiger partial charge in [-0.2, -0.15) is 0 Å². The smallest absolute Gasteiger partial charge is 0.407 e. The fourth-order valence-corrected chi connectivity index (χ4v) is 4.55. The van der Waals surface area contributed by atoms with E-state index in [0.29, 0.717) is 5.69 Å². The van der Waals surface area contributed by atoms with Crippen LogP contribution in [0.4, 0.5) is 10.5 Å². The first-order valence-electron chi connectivity index (χ1n) is 11.2. The molecular weight excluding hydrogens is 468 g/mol. The van der Waals surface area contributed by atoms with E-state index < -0.39 is 24.0 Å². The zero-order chi connectivity index (χ0) is 25.1. The minimum atomic E-state index is -1.16. The number of anilines is 1. The van der Waals surface area contributed by atoms with E-state index in [-0.39, 0.29) is 29.0 Å². The summed E-state index contributed by atoms with van der Waals surface area (Å²) in [5, 5.41) is 14.4. The predicted molar refractivity (Wildman–Crippen MR) is 134 cm³/mol. The van der Waals surface area contributed by atoms with Gasteiger partial charge in [-0.25, -0.2) is 9.59 Å². The van der Waals surface area contributed by atoms with Gasteiger partial charge in [-0.15, -0.1) is 0 Å². The van der Waals surface area contributed by atoms with Gasteiger partial charge in [0.2, 0.25) is 5.91 Å². The highest BCUT2D eigenvalue weighted by molar-refractivity contribution is 6.33. The minimum absolute atomic E-state index is 0.000826. The van der Waals surface area contributed by atoms with Crippen LogP contribution in [0.2, 0.25) is 5.02 Å². The summed E-state index contributed by atoms with van der Waals surface area (Å²) in [6.07, 6.45) is -0.694. The first-order valence-corrected chi connectivity index (χ1v) is 11.6. The lowest BCUT2D eigenvalue weighted by Crippen LogP contribution is -2.47. The summed E-state index contributed by atoms with van der Waals surface area (Å²) < 4.78 is 5.57. The lowest BCUT2D eigenvalue weighted by Gasteiger charge is -2.22. The fraction of sp³-hybridized carbons (Fsp3) is 0.222. The molecule has 8 heteroatoms. The van der Waals surface area contributed by atoms with Crippen LogP contribution in [0.25, 0.3) is 11.1 Å². The summed E-state index contributed by atoms with van der Waals surface area (Å²) in [6.45, 7) is 3.74. The molecule has 0 radical (unpaired) electrons. The number of carbonyl (C=O) groups excluding carboxylic acids is 2. The Bertz CT molecular complexity index is 1240. The highest BCUT2D eigenvalue weighted by atomic mass is 35.5. The van der Waals surface area contributed by atoms with Crippen LogP contribution < -0.4 is 10.6 Å². The number of nitrogens with one attached hydrogen (secondary N) is 2. The first kappa shape index (κ1) is 24.3. The van der Waals surface area contributed by atoms with Gasteiger partial charge in [0.05, 0.1) is 10.6 Å². The van der Waals surface area contributed by atoms with Crippen LogP contribution in [-0.4, -0.2) is 35.7 Å². The Morgan fingerprint density at radius 3 is 2.11 bits per heavy atom. The minimum Gasteiger partial charge on any atom is -0.478 e. The van der Waals surface area contributed by atoms with Crippen molar-refractivity contribution in [3.8, 4) is 11.1 Å². The molecule has 0 saturated carbocycles. The van der Waals surface area contributed by atoms with Gasteiger partial charge in [-0.1, -0.05) is 74.0 Å². The lowest BCUT2D eigenvalue weighted by molar-refractivity contribution is -0.119. The number of carboxylic acid groups (broad SMARTS) is 1. The largest absolute Gasteiger partial charge is 0.478 e. The maximum atomic E-state index is 12.9. The van der Waals surface area contributed by atoms with Gasteiger partial charge >= 0.3 is 12.1 Å². The van der Waals surface area contributed by atoms with Crippen molar-refractivity contribution < 1.29 is 24.2 Å². The van der Waals surface area contributed by atoms with Crippen molar-refractivity contribution in [1.29, 1.82) is 0 Å². The van der Waals surface area contributed by atoms with E-state index in [0.717, 1.165) is 22.3 Å². The monoisotopic (exact) mass is 492 g/mol. The molecule has 1 aliphatic rings. The van der Waals surface area contributed by atoms with Crippen LogP contribution in [-0.2, 0) is 9.53 Å². The average Bonchev–Trinajstić information content (AvgIpc) is 3.14. The normalized spacial score (nSPS) is 13.0. The standard InChI is InChI=1S/C27H25ClN2O5/c1-15(2)24(25(31)29-16-11-12-21(26(32)33)23(28)13-16)30-27(34)35-14-22-19-9-5-3-7-17(19)18-8-4-6-10-20(18)22/h3-13,15,22,24H,14H2,1-2H3,(H,29,31)(H,30,34)(H,32,33). The Morgan fingerprint density at radius 1 is 0.971 bits per heavy atom. The van der Waals surface area contributed by atoms with Crippen molar-refractivity contribution in [2.24, 2.45) is 5.92 Å². The summed E-state index contributed by atoms with van der Waals surface area (Å²) in [5.41, 5.74) is 4.71. The Hall–Kier alpha value is -3.84. The van der Waals surface area contributed by atoms with E-state index in [1.54, 1.807) is 13.8 Å². The fourth-order valence-electron chi connectivity index (χ4n) is 4.29. The number of carbonyl (C=O) groups is 3. The SMILES string of the molecule is CC(C)C(NC(=O)OCC1c2ccccc2-c2ccccc21)C(=O)Nc1ccc(C(=O)O)c(Cl)c1. The molecule has 0 aliphatic heterocycles. The van der Waals surface area contributed by atoms with Gasteiger partial charge < -0.3 is 20.5 Å². The van der Waals surface area contributed by atoms with Crippen molar-refractivity contribution in [2.75, 3.05) is 11.9 Å². The number of alkyl carbamates (subject to hydrolysis) is 1. The molecule has 0 heterocycles. The molecule has 1 atom stereocenters. The van der Waals surface area contributed by atoms with Gasteiger partial charge in [0.15, 0.2) is 0 Å². The van der Waals surface area contributed by atoms with E-state index in [1.165, 1.54) is 18.2 Å². The summed E-state index contributed by atoms with van der Waals surface area (Å²) >= 11 is 5.99. The van der Waals surface area contributed by atoms with Crippen molar-refractivity contribution in [2.45, 2.75) is 25.8 Å². The number of fused-ring (bicyclic) bond motifs is 3. The van der Waals surface area contributed by atoms with Crippen LogP contribution in [0.5, 0.6) is 0 Å². The van der Waals surface area contributed by atoms with E-state index in [9.17, 15) is 14.4 Å². The molecule has 7 nitrogen and oxygen atoms in total. The van der Waals surface area contributed by atoms with E-state index in [2.05, 4.69) is 22.8 Å². The van der Waals surface area contributed by atoms with Crippen molar-refractivity contribution in [3.63, 3.8) is 0 Å². The molecule has 1 unspecified atom stereocenters. The summed E-state index contributed by atoms with van der Waals surface area (Å²) in [4.78, 5) is 36.7. The maximum Gasteiger partial charge on any atom is 0.407 e. The number of ether oxygens (including phenoxy) is 1. The molecule has 0 bridgehead atoms. The van der Waals surface area contributed by atoms with Gasteiger partial charge in [0.1, 0.15) is 12.6 Å². The summed E-state index contributed by atoms with van der Waals surface area (Å²) in [6, 6.07) is 19.3. The van der Waals surface area contributed by atoms with Crippen molar-refractivity contribution >= 4 is 35.3 Å². The molecule has 0 saturated heterocycles. The molecule has 3 aromatic rings. The van der Waals surface area contributed by atoms with Gasteiger partial charge in [-0.05, 0) is 46.4 Å². The zero-order valence-corrected chi connectivity index (χ0v) is 20.0. The Balaban J connectivity index is 1.41. The number of halogens is 1. The predicted octanol–water partition coefficient (Wildman–Crippen LogP) is 5.54. The Morgan fingerprint density at radius 2 is 1.57 bits per heavy atom. The van der Waals surface area contributed by atoms with Crippen LogP contribution in [0.3, 0.4) is 0 Å². The molecular formula is C27H25ClN2O5. The number of amides is 2. The van der Waals surface area contributed by atoms with Gasteiger partial charge in [0, 0.05) is 11.6 Å². The van der Waals surface area contributed by atoms with Crippen LogP contribution in [0.15, 0.2) is 66.7 Å². The molecule has 2 amide bonds. The number of hydrogen-bond acceptors (Lipinski definition) is 4. The second kappa shape index (κ2) is 10.2. The average molecular weight is 493 g/mol. The quantitative estimate of drug-likeness (QED) is 0.401. The maximum absolute atomic E-state index is 12.9. The van der Waals surface area contributed by atoms with Crippen molar-refractivity contribution in [3.05, 3.63) is 88.4 Å². The highest BCUT2D eigenvalue weighted by Crippen LogP contribution is 2.44. The van der Waals surface area contributed by atoms with E-state index in [1.807, 2.05) is 36.4 Å². The van der Waals surface area contributed by atoms with Gasteiger partial charge in [-0.3, -0.25) is 4.79 Å². The van der Waals surface area contributed by atoms with Crippen LogP contribution >= 0.6 is 11.6 Å². The van der Waals surface area contributed by atoms with Crippen LogP contribution in [0.1, 0.15) is 41.3 Å². The van der Waals surface area contributed by atoms with Gasteiger partial charge in [0.25, 0.3) is 0 Å². The Labute approximate surface area is 208 Å². The van der Waals surface area contributed by atoms with Crippen LogP contribution in [0, 0.1) is 5.92 Å². The zero-order valence-electron chi connectivity index (χ0n) is 19.2. The number of rotatable bonds is 7. The molecule has 1 aliphatic carbocycles. The molecule has 3 aromatic carbocycles. The van der Waals surface area contributed by atoms with E-state index >= 15 is 0 Å². The topological polar surface area (TPSA) is 105 Å². The third kappa shape index (κ3) is 5.15. The highest BCUT2D eigenvalue weighted by Gasteiger charge is 2.30. The number of benzene rings is 3. The third-order valence-corrected chi connectivity index (χ3v) is 6.35. The first-order chi connectivity index (χ1) is 16.8. The second-order valence-corrected chi connectivity index (χ2v) is 9.09. The number of carboxylic acids is 1. The van der Waals surface area contributed by atoms with Crippen molar-refractivity contribution in [1.82, 2.24) is 5.32 Å². The molecule has 0 spiro atoms. The molecule has 0 fully saturated rings. The second-order valence-electron chi connectivity index (χ2n) is 8.68.